The van der Waals surface area contributed by atoms with E-state index >= 15 is 0 Å². The number of hydrogen-bond donors (Lipinski definition) is 0. The molecular weight excluding hydrogens is 426 g/mol. The van der Waals surface area contributed by atoms with E-state index in [1.54, 1.807) is 31.1 Å². The average molecular weight is 455 g/mol. The van der Waals surface area contributed by atoms with E-state index in [2.05, 4.69) is 73.6 Å². The molecule has 0 saturated carbocycles. The second kappa shape index (κ2) is 7.87. The van der Waals surface area contributed by atoms with E-state index in [-0.39, 0.29) is 30.2 Å². The van der Waals surface area contributed by atoms with E-state index in [1.165, 1.54) is 16.7 Å². The van der Waals surface area contributed by atoms with Gasteiger partial charge >= 0.3 is 154 Å². The second-order valence-electron chi connectivity index (χ2n) is 7.93. The van der Waals surface area contributed by atoms with Crippen LogP contribution >= 0.6 is 0 Å². The number of fused-ring (bicyclic) bond motifs is 1. The van der Waals surface area contributed by atoms with Crippen molar-refractivity contribution >= 4 is 6.08 Å². The molecule has 0 radical (unpaired) electrons. The van der Waals surface area contributed by atoms with E-state index in [4.69, 9.17) is 0 Å². The molecule has 3 rings (SSSR count). The molecule has 134 valence electrons. The van der Waals surface area contributed by atoms with E-state index in [0.29, 0.717) is 0 Å². The van der Waals surface area contributed by atoms with Crippen molar-refractivity contribution in [2.75, 3.05) is 0 Å². The number of hydrogen-bond acceptors (Lipinski definition) is 0. The van der Waals surface area contributed by atoms with Crippen LogP contribution < -0.4 is 24.8 Å². The van der Waals surface area contributed by atoms with Crippen LogP contribution in [-0.2, 0) is 23.2 Å². The molecular formula is C22H28Cl2Zr. The van der Waals surface area contributed by atoms with Gasteiger partial charge in [0, 0.05) is 0 Å². The Hall–Kier alpha value is -0.0969. The first kappa shape index (κ1) is 22.9. The molecule has 0 bridgehead atoms. The first-order chi connectivity index (χ1) is 10.6. The Kier molecular flexibility index (Phi) is 7.23. The fraction of sp³-hybridized carbons (Fsp3) is 0.455. The van der Waals surface area contributed by atoms with Crippen LogP contribution in [0.5, 0.6) is 0 Å². The van der Waals surface area contributed by atoms with Gasteiger partial charge in [0.25, 0.3) is 0 Å². The quantitative estimate of drug-likeness (QED) is 0.611. The third-order valence-corrected chi connectivity index (χ3v) is 11.8. The maximum Gasteiger partial charge on any atom is -1.00 e. The molecule has 2 aliphatic rings. The van der Waals surface area contributed by atoms with Crippen LogP contribution in [0.4, 0.5) is 0 Å². The van der Waals surface area contributed by atoms with Crippen LogP contribution in [0.3, 0.4) is 0 Å². The van der Waals surface area contributed by atoms with Gasteiger partial charge in [0.05, 0.1) is 0 Å². The summed E-state index contributed by atoms with van der Waals surface area (Å²) in [5.41, 5.74) is 12.6. The van der Waals surface area contributed by atoms with Crippen molar-refractivity contribution in [2.45, 2.75) is 59.0 Å². The van der Waals surface area contributed by atoms with Gasteiger partial charge in [-0.25, -0.2) is 0 Å². The summed E-state index contributed by atoms with van der Waals surface area (Å²) in [6.45, 7) is 18.8. The van der Waals surface area contributed by atoms with E-state index in [0.717, 1.165) is 3.63 Å². The van der Waals surface area contributed by atoms with Crippen LogP contribution in [0.2, 0.25) is 0 Å². The minimum atomic E-state index is -0.712. The summed E-state index contributed by atoms with van der Waals surface area (Å²) in [6, 6.07) is 4.78. The van der Waals surface area contributed by atoms with Gasteiger partial charge in [-0.2, -0.15) is 0 Å². The van der Waals surface area contributed by atoms with Gasteiger partial charge in [0.1, 0.15) is 0 Å². The Morgan fingerprint density at radius 2 is 1.48 bits per heavy atom. The topological polar surface area (TPSA) is 0 Å². The average Bonchev–Trinajstić information content (AvgIpc) is 2.84. The molecule has 0 aromatic heterocycles. The van der Waals surface area contributed by atoms with E-state index in [9.17, 15) is 0 Å². The minimum Gasteiger partial charge on any atom is -1.00 e. The molecule has 0 heterocycles. The van der Waals surface area contributed by atoms with Gasteiger partial charge in [-0.15, -0.1) is 0 Å². The third kappa shape index (κ3) is 3.67. The second-order valence-corrected chi connectivity index (χ2v) is 11.3. The Balaban J connectivity index is 0.00000156. The van der Waals surface area contributed by atoms with Crippen molar-refractivity contribution in [2.24, 2.45) is 5.41 Å². The molecule has 1 aromatic rings. The first-order valence-electron chi connectivity index (χ1n) is 8.60. The van der Waals surface area contributed by atoms with Gasteiger partial charge in [-0.05, 0) is 0 Å². The van der Waals surface area contributed by atoms with Gasteiger partial charge in [0.15, 0.2) is 0 Å². The third-order valence-electron chi connectivity index (χ3n) is 6.05. The number of aryl methyl sites for hydroxylation is 2. The predicted octanol–water partition coefficient (Wildman–Crippen LogP) is 0.502. The minimum absolute atomic E-state index is 0. The molecule has 0 spiro atoms. The SMILES string of the molecule is CC1=Cc2c(C)cc(C)cc2[CH]1[Zr+2][C]1=C(C)C(C)=C(C)C1(C)C.[Cl-].[Cl-]. The Morgan fingerprint density at radius 1 is 0.880 bits per heavy atom. The standard InChI is InChI=1S/C12H13.C10H15.2ClH.Zr/c1-8-4-10(3)12-7-9(2)6-11(12)5-8;1-7-6-10(4,5)9(3)8(7)2;;;/h4-7H,1-3H3;1-5H3;2*1H;/q;;;;+2/p-2. The first-order valence-corrected chi connectivity index (χ1v) is 11.2. The zero-order valence-electron chi connectivity index (χ0n) is 16.6. The number of allylic oxidation sites excluding steroid dienone is 5. The van der Waals surface area contributed by atoms with Gasteiger partial charge < -0.3 is 24.8 Å². The summed E-state index contributed by atoms with van der Waals surface area (Å²) < 4.78 is 2.52. The van der Waals surface area contributed by atoms with Crippen LogP contribution in [0.15, 0.2) is 37.7 Å². The molecule has 25 heavy (non-hydrogen) atoms. The molecule has 0 aliphatic heterocycles. The smallest absolute Gasteiger partial charge is 1.00 e. The Morgan fingerprint density at radius 3 is 2.00 bits per heavy atom. The predicted molar refractivity (Wildman–Crippen MR) is 97.2 cm³/mol. The zero-order chi connectivity index (χ0) is 17.1. The van der Waals surface area contributed by atoms with Crippen molar-refractivity contribution in [3.05, 3.63) is 60.0 Å². The van der Waals surface area contributed by atoms with Gasteiger partial charge in [-0.1, -0.05) is 0 Å². The maximum atomic E-state index is 2.46. The van der Waals surface area contributed by atoms with Gasteiger partial charge in [-0.3, -0.25) is 0 Å². The fourth-order valence-corrected chi connectivity index (χ4v) is 9.01. The Bertz CT molecular complexity index is 794. The zero-order valence-corrected chi connectivity index (χ0v) is 20.5. The number of rotatable bonds is 2. The van der Waals surface area contributed by atoms with E-state index in [1.807, 2.05) is 0 Å². The molecule has 1 aromatic carbocycles. The van der Waals surface area contributed by atoms with Gasteiger partial charge in [0.2, 0.25) is 0 Å². The molecule has 0 amide bonds. The Labute approximate surface area is 177 Å². The molecule has 0 fully saturated rings. The molecule has 2 aliphatic carbocycles. The monoisotopic (exact) mass is 452 g/mol. The summed E-state index contributed by atoms with van der Waals surface area (Å²) >= 11 is -0.712. The van der Waals surface area contributed by atoms with E-state index < -0.39 is 23.2 Å². The number of benzene rings is 1. The van der Waals surface area contributed by atoms with Crippen molar-refractivity contribution < 1.29 is 48.0 Å². The summed E-state index contributed by atoms with van der Waals surface area (Å²) in [5.74, 6) is 0. The van der Waals surface area contributed by atoms with Crippen LogP contribution in [0.1, 0.15) is 67.4 Å². The largest absolute Gasteiger partial charge is 1.00 e. The van der Waals surface area contributed by atoms with Crippen molar-refractivity contribution in [1.29, 1.82) is 0 Å². The molecule has 0 saturated heterocycles. The summed E-state index contributed by atoms with van der Waals surface area (Å²) in [7, 11) is 0. The van der Waals surface area contributed by atoms with Crippen LogP contribution in [0, 0.1) is 19.3 Å². The summed E-state index contributed by atoms with van der Waals surface area (Å²) in [5, 5.41) is 0. The van der Waals surface area contributed by atoms with Crippen LogP contribution in [-0.4, -0.2) is 0 Å². The summed E-state index contributed by atoms with van der Waals surface area (Å²) in [6.07, 6.45) is 2.46. The fourth-order valence-electron chi connectivity index (χ4n) is 4.22. The van der Waals surface area contributed by atoms with Crippen molar-refractivity contribution in [3.8, 4) is 0 Å². The molecule has 0 N–H and O–H groups in total. The molecule has 0 nitrogen and oxygen atoms in total. The normalized spacial score (nSPS) is 20.6. The van der Waals surface area contributed by atoms with Crippen molar-refractivity contribution in [1.82, 2.24) is 0 Å². The van der Waals surface area contributed by atoms with Crippen LogP contribution in [0.25, 0.3) is 6.08 Å². The van der Waals surface area contributed by atoms with Crippen molar-refractivity contribution in [3.63, 3.8) is 0 Å². The molecule has 1 unspecified atom stereocenters. The number of halogens is 2. The summed E-state index contributed by atoms with van der Waals surface area (Å²) in [4.78, 5) is 0. The molecule has 1 atom stereocenters. The molecule has 3 heteroatoms. The maximum absolute atomic E-state index is 2.46.